The summed E-state index contributed by atoms with van der Waals surface area (Å²) in [5.74, 6) is -0.149. The van der Waals surface area contributed by atoms with Crippen molar-refractivity contribution in [2.75, 3.05) is 20.3 Å². The van der Waals surface area contributed by atoms with Crippen molar-refractivity contribution in [1.29, 1.82) is 0 Å². The Balaban J connectivity index is 1.89. The molecule has 0 radical (unpaired) electrons. The number of hydrogen-bond acceptors (Lipinski definition) is 4. The molecule has 0 spiro atoms. The van der Waals surface area contributed by atoms with E-state index >= 15 is 0 Å². The largest absolute Gasteiger partial charge is 0.469 e. The average molecular weight is 216 g/mol. The van der Waals surface area contributed by atoms with Crippen LogP contribution in [-0.2, 0) is 19.0 Å². The summed E-state index contributed by atoms with van der Waals surface area (Å²) in [6.07, 6.45) is 5.49. The van der Waals surface area contributed by atoms with Crippen LogP contribution < -0.4 is 0 Å². The molecule has 1 aliphatic heterocycles. The first kappa shape index (κ1) is 12.5. The lowest BCUT2D eigenvalue weighted by Crippen LogP contribution is -2.22. The lowest BCUT2D eigenvalue weighted by Gasteiger charge is -2.22. The molecule has 1 heterocycles. The van der Waals surface area contributed by atoms with Crippen LogP contribution in [0.5, 0.6) is 0 Å². The molecule has 15 heavy (non-hydrogen) atoms. The van der Waals surface area contributed by atoms with Crippen molar-refractivity contribution in [3.63, 3.8) is 0 Å². The SMILES string of the molecule is COC(=O)CCCCOC1CCCCO1. The van der Waals surface area contributed by atoms with Gasteiger partial charge in [-0.2, -0.15) is 0 Å². The van der Waals surface area contributed by atoms with E-state index in [9.17, 15) is 4.79 Å². The molecule has 0 amide bonds. The molecule has 4 nitrogen and oxygen atoms in total. The van der Waals surface area contributed by atoms with Gasteiger partial charge in [0, 0.05) is 19.6 Å². The first-order valence-electron chi connectivity index (χ1n) is 5.63. The molecule has 0 aromatic carbocycles. The molecule has 4 heteroatoms. The molecule has 1 atom stereocenters. The zero-order valence-electron chi connectivity index (χ0n) is 9.37. The minimum Gasteiger partial charge on any atom is -0.469 e. The van der Waals surface area contributed by atoms with E-state index in [1.54, 1.807) is 0 Å². The van der Waals surface area contributed by atoms with Crippen molar-refractivity contribution in [2.24, 2.45) is 0 Å². The molecule has 1 unspecified atom stereocenters. The summed E-state index contributed by atoms with van der Waals surface area (Å²) in [6, 6.07) is 0. The molecule has 1 saturated heterocycles. The Morgan fingerprint density at radius 3 is 2.93 bits per heavy atom. The highest BCUT2D eigenvalue weighted by molar-refractivity contribution is 5.68. The highest BCUT2D eigenvalue weighted by Gasteiger charge is 2.13. The third-order valence-corrected chi connectivity index (χ3v) is 2.44. The van der Waals surface area contributed by atoms with Crippen molar-refractivity contribution in [2.45, 2.75) is 44.8 Å². The van der Waals surface area contributed by atoms with Gasteiger partial charge in [0.05, 0.1) is 7.11 Å². The van der Waals surface area contributed by atoms with Gasteiger partial charge in [-0.05, 0) is 32.1 Å². The number of hydrogen-bond donors (Lipinski definition) is 0. The van der Waals surface area contributed by atoms with Crippen molar-refractivity contribution in [1.82, 2.24) is 0 Å². The molecule has 0 aromatic rings. The fraction of sp³-hybridized carbons (Fsp3) is 0.909. The van der Waals surface area contributed by atoms with Crippen molar-refractivity contribution < 1.29 is 19.0 Å². The Hall–Kier alpha value is -0.610. The molecule has 0 bridgehead atoms. The summed E-state index contributed by atoms with van der Waals surface area (Å²) in [6.45, 7) is 1.48. The predicted octanol–water partition coefficient (Wildman–Crippen LogP) is 1.87. The lowest BCUT2D eigenvalue weighted by molar-refractivity contribution is -0.163. The average Bonchev–Trinajstić information content (AvgIpc) is 2.29. The van der Waals surface area contributed by atoms with Crippen LogP contribution in [0.25, 0.3) is 0 Å². The third kappa shape index (κ3) is 5.74. The summed E-state index contributed by atoms with van der Waals surface area (Å²) >= 11 is 0. The number of esters is 1. The zero-order valence-corrected chi connectivity index (χ0v) is 9.37. The second kappa shape index (κ2) is 7.65. The lowest BCUT2D eigenvalue weighted by atomic mass is 10.2. The Bertz CT molecular complexity index is 175. The zero-order chi connectivity index (χ0) is 10.9. The van der Waals surface area contributed by atoms with Gasteiger partial charge in [0.2, 0.25) is 0 Å². The minimum absolute atomic E-state index is 0.0168. The van der Waals surface area contributed by atoms with Crippen molar-refractivity contribution >= 4 is 5.97 Å². The van der Waals surface area contributed by atoms with Gasteiger partial charge < -0.3 is 14.2 Å². The van der Waals surface area contributed by atoms with E-state index in [-0.39, 0.29) is 12.3 Å². The van der Waals surface area contributed by atoms with Crippen LogP contribution in [0.2, 0.25) is 0 Å². The second-order valence-electron chi connectivity index (χ2n) is 3.70. The summed E-state index contributed by atoms with van der Waals surface area (Å²) in [7, 11) is 1.41. The molecule has 0 N–H and O–H groups in total. The number of carbonyl (C=O) groups excluding carboxylic acids is 1. The van der Waals surface area contributed by atoms with Gasteiger partial charge in [0.1, 0.15) is 0 Å². The number of methoxy groups -OCH3 is 1. The van der Waals surface area contributed by atoms with Gasteiger partial charge in [-0.3, -0.25) is 4.79 Å². The first-order valence-corrected chi connectivity index (χ1v) is 5.63. The highest BCUT2D eigenvalue weighted by Crippen LogP contribution is 2.14. The fourth-order valence-electron chi connectivity index (χ4n) is 1.53. The normalized spacial score (nSPS) is 21.3. The van der Waals surface area contributed by atoms with E-state index in [1.165, 1.54) is 13.5 Å². The topological polar surface area (TPSA) is 44.8 Å². The Labute approximate surface area is 90.9 Å². The number of rotatable bonds is 6. The van der Waals surface area contributed by atoms with Crippen LogP contribution in [0.3, 0.4) is 0 Å². The molecular weight excluding hydrogens is 196 g/mol. The van der Waals surface area contributed by atoms with Gasteiger partial charge in [-0.1, -0.05) is 0 Å². The Morgan fingerprint density at radius 2 is 2.27 bits per heavy atom. The van der Waals surface area contributed by atoms with Gasteiger partial charge in [0.25, 0.3) is 0 Å². The van der Waals surface area contributed by atoms with Gasteiger partial charge in [0.15, 0.2) is 6.29 Å². The van der Waals surface area contributed by atoms with Crippen LogP contribution in [0.15, 0.2) is 0 Å². The maximum absolute atomic E-state index is 10.8. The van der Waals surface area contributed by atoms with Crippen molar-refractivity contribution in [3.8, 4) is 0 Å². The van der Waals surface area contributed by atoms with Crippen LogP contribution >= 0.6 is 0 Å². The van der Waals surface area contributed by atoms with Gasteiger partial charge >= 0.3 is 5.97 Å². The minimum atomic E-state index is -0.149. The summed E-state index contributed by atoms with van der Waals surface area (Å²) in [4.78, 5) is 10.8. The highest BCUT2D eigenvalue weighted by atomic mass is 16.7. The predicted molar refractivity (Wildman–Crippen MR) is 55.4 cm³/mol. The third-order valence-electron chi connectivity index (χ3n) is 2.44. The van der Waals surface area contributed by atoms with E-state index in [4.69, 9.17) is 9.47 Å². The molecule has 0 saturated carbocycles. The van der Waals surface area contributed by atoms with E-state index in [0.29, 0.717) is 13.0 Å². The van der Waals surface area contributed by atoms with Crippen LogP contribution in [-0.4, -0.2) is 32.6 Å². The van der Waals surface area contributed by atoms with Gasteiger partial charge in [-0.25, -0.2) is 0 Å². The summed E-state index contributed by atoms with van der Waals surface area (Å²) < 4.78 is 15.5. The van der Waals surface area contributed by atoms with Crippen LogP contribution in [0.4, 0.5) is 0 Å². The van der Waals surface area contributed by atoms with Crippen LogP contribution in [0.1, 0.15) is 38.5 Å². The monoisotopic (exact) mass is 216 g/mol. The van der Waals surface area contributed by atoms with E-state index < -0.39 is 0 Å². The number of carbonyl (C=O) groups is 1. The molecule has 0 aliphatic carbocycles. The standard InChI is InChI=1S/C11H20O4/c1-13-10(12)6-2-4-8-14-11-7-3-5-9-15-11/h11H,2-9H2,1H3. The molecular formula is C11H20O4. The van der Waals surface area contributed by atoms with E-state index in [2.05, 4.69) is 4.74 Å². The number of unbranched alkanes of at least 4 members (excludes halogenated alkanes) is 1. The Morgan fingerprint density at radius 1 is 1.40 bits per heavy atom. The molecule has 1 aliphatic rings. The smallest absolute Gasteiger partial charge is 0.305 e. The van der Waals surface area contributed by atoms with Crippen LogP contribution in [0, 0.1) is 0 Å². The second-order valence-corrected chi connectivity index (χ2v) is 3.70. The summed E-state index contributed by atoms with van der Waals surface area (Å²) in [5, 5.41) is 0. The van der Waals surface area contributed by atoms with E-state index in [0.717, 1.165) is 32.3 Å². The maximum Gasteiger partial charge on any atom is 0.305 e. The van der Waals surface area contributed by atoms with E-state index in [1.807, 2.05) is 0 Å². The first-order chi connectivity index (χ1) is 7.33. The summed E-state index contributed by atoms with van der Waals surface area (Å²) in [5.41, 5.74) is 0. The number of ether oxygens (including phenoxy) is 3. The molecule has 1 fully saturated rings. The van der Waals surface area contributed by atoms with Crippen molar-refractivity contribution in [3.05, 3.63) is 0 Å². The molecule has 1 rings (SSSR count). The Kier molecular flexibility index (Phi) is 6.36. The van der Waals surface area contributed by atoms with Gasteiger partial charge in [-0.15, -0.1) is 0 Å². The molecule has 88 valence electrons. The quantitative estimate of drug-likeness (QED) is 0.502. The molecule has 0 aromatic heterocycles. The fourth-order valence-corrected chi connectivity index (χ4v) is 1.53. The maximum atomic E-state index is 10.8.